The molecule has 7 nitrogen and oxygen atoms in total. The lowest BCUT2D eigenvalue weighted by atomic mass is 9.91. The molecule has 1 saturated carbocycles. The van der Waals surface area contributed by atoms with E-state index in [2.05, 4.69) is 4.98 Å². The van der Waals surface area contributed by atoms with Gasteiger partial charge in [-0.3, -0.25) is 4.90 Å². The highest BCUT2D eigenvalue weighted by Crippen LogP contribution is 2.39. The number of hydrogen-bond acceptors (Lipinski definition) is 5. The Labute approximate surface area is 195 Å². The van der Waals surface area contributed by atoms with Crippen molar-refractivity contribution in [3.63, 3.8) is 0 Å². The second kappa shape index (κ2) is 9.81. The van der Waals surface area contributed by atoms with Crippen LogP contribution >= 0.6 is 0 Å². The van der Waals surface area contributed by atoms with Crippen molar-refractivity contribution in [2.75, 3.05) is 11.4 Å². The smallest absolute Gasteiger partial charge is 0.416 e. The first kappa shape index (κ1) is 23.1. The molecule has 2 aromatic rings. The van der Waals surface area contributed by atoms with Gasteiger partial charge in [-0.05, 0) is 64.5 Å². The molecule has 0 N–H and O–H groups in total. The van der Waals surface area contributed by atoms with Crippen LogP contribution in [0.4, 0.5) is 15.4 Å². The Hall–Kier alpha value is -3.09. The van der Waals surface area contributed by atoms with Gasteiger partial charge >= 0.3 is 12.2 Å². The average molecular weight is 452 g/mol. The van der Waals surface area contributed by atoms with Crippen molar-refractivity contribution in [2.24, 2.45) is 0 Å². The number of hydrogen-bond donors (Lipinski definition) is 0. The van der Waals surface area contributed by atoms with Gasteiger partial charge in [-0.15, -0.1) is 0 Å². The van der Waals surface area contributed by atoms with Crippen LogP contribution in [-0.4, -0.2) is 40.3 Å². The monoisotopic (exact) mass is 451 g/mol. The maximum atomic E-state index is 13.2. The molecule has 0 bridgehead atoms. The molecule has 1 atom stereocenters. The van der Waals surface area contributed by atoms with Gasteiger partial charge in [0.15, 0.2) is 0 Å². The van der Waals surface area contributed by atoms with Crippen molar-refractivity contribution >= 4 is 18.0 Å². The summed E-state index contributed by atoms with van der Waals surface area (Å²) in [5.41, 5.74) is 1.21. The summed E-state index contributed by atoms with van der Waals surface area (Å²) in [6.45, 7) is 6.44. The topological polar surface area (TPSA) is 72.0 Å². The molecule has 1 saturated heterocycles. The molecule has 1 aliphatic carbocycles. The summed E-state index contributed by atoms with van der Waals surface area (Å²) in [6.07, 6.45) is 5.55. The highest BCUT2D eigenvalue weighted by molar-refractivity contribution is 5.88. The molecule has 33 heavy (non-hydrogen) atoms. The van der Waals surface area contributed by atoms with Crippen molar-refractivity contribution < 1.29 is 19.1 Å². The van der Waals surface area contributed by atoms with Gasteiger partial charge in [0, 0.05) is 24.3 Å². The third-order valence-corrected chi connectivity index (χ3v) is 6.13. The normalized spacial score (nSPS) is 18.5. The number of nitrogens with zero attached hydrogens (tertiary/aromatic N) is 3. The van der Waals surface area contributed by atoms with Gasteiger partial charge < -0.3 is 14.4 Å². The Morgan fingerprint density at radius 3 is 2.48 bits per heavy atom. The Morgan fingerprint density at radius 1 is 1.06 bits per heavy atom. The maximum Gasteiger partial charge on any atom is 0.416 e. The van der Waals surface area contributed by atoms with E-state index >= 15 is 0 Å². The molecule has 2 heterocycles. The SMILES string of the molecule is CC(C)(C)OC(=O)N(c1ncccc1[C@@H]1CCCN1C(=O)OCc1ccccc1)C1CCC1. The molecule has 2 fully saturated rings. The third-order valence-electron chi connectivity index (χ3n) is 6.13. The number of carbonyl (C=O) groups excluding carboxylic acids is 2. The van der Waals surface area contributed by atoms with Crippen LogP contribution in [0.15, 0.2) is 48.7 Å². The lowest BCUT2D eigenvalue weighted by molar-refractivity contribution is 0.0547. The van der Waals surface area contributed by atoms with Gasteiger partial charge in [0.25, 0.3) is 0 Å². The van der Waals surface area contributed by atoms with Crippen LogP contribution in [0.3, 0.4) is 0 Å². The predicted octanol–water partition coefficient (Wildman–Crippen LogP) is 5.85. The molecule has 7 heteroatoms. The summed E-state index contributed by atoms with van der Waals surface area (Å²) in [7, 11) is 0. The fraction of sp³-hybridized carbons (Fsp3) is 0.500. The number of aromatic nitrogens is 1. The minimum atomic E-state index is -0.603. The number of anilines is 1. The molecule has 1 aliphatic heterocycles. The van der Waals surface area contributed by atoms with E-state index in [0.29, 0.717) is 12.4 Å². The second-order valence-electron chi connectivity index (χ2n) is 9.74. The highest BCUT2D eigenvalue weighted by Gasteiger charge is 2.39. The summed E-state index contributed by atoms with van der Waals surface area (Å²) in [6, 6.07) is 13.4. The summed E-state index contributed by atoms with van der Waals surface area (Å²) >= 11 is 0. The summed E-state index contributed by atoms with van der Waals surface area (Å²) in [5, 5.41) is 0. The fourth-order valence-corrected chi connectivity index (χ4v) is 4.35. The lowest BCUT2D eigenvalue weighted by Crippen LogP contribution is -2.48. The Balaban J connectivity index is 1.57. The van der Waals surface area contributed by atoms with E-state index in [0.717, 1.165) is 43.2 Å². The number of rotatable bonds is 5. The number of benzene rings is 1. The van der Waals surface area contributed by atoms with Gasteiger partial charge in [-0.2, -0.15) is 0 Å². The van der Waals surface area contributed by atoms with E-state index in [4.69, 9.17) is 9.47 Å². The van der Waals surface area contributed by atoms with Crippen LogP contribution < -0.4 is 4.90 Å². The standard InChI is InChI=1S/C26H33N3O4/c1-26(2,3)33-25(31)29(20-12-7-13-20)23-21(14-8-16-27-23)22-15-9-17-28(22)24(30)32-18-19-10-5-4-6-11-19/h4-6,8,10-11,14,16,20,22H,7,9,12-13,15,17-18H2,1-3H3/t22-/m0/s1. The van der Waals surface area contributed by atoms with Crippen molar-refractivity contribution in [3.05, 3.63) is 59.8 Å². The Bertz CT molecular complexity index is 969. The lowest BCUT2D eigenvalue weighted by Gasteiger charge is -2.39. The summed E-state index contributed by atoms with van der Waals surface area (Å²) in [5.74, 6) is 0.587. The number of likely N-dealkylation sites (tertiary alicyclic amines) is 1. The molecule has 176 valence electrons. The van der Waals surface area contributed by atoms with E-state index in [1.807, 2.05) is 63.2 Å². The van der Waals surface area contributed by atoms with Gasteiger partial charge in [-0.25, -0.2) is 14.6 Å². The molecule has 0 spiro atoms. The van der Waals surface area contributed by atoms with Crippen LogP contribution in [0.2, 0.25) is 0 Å². The zero-order valence-electron chi connectivity index (χ0n) is 19.7. The van der Waals surface area contributed by atoms with Crippen molar-refractivity contribution in [1.29, 1.82) is 0 Å². The molecule has 0 unspecified atom stereocenters. The molecule has 2 amide bonds. The average Bonchev–Trinajstić information content (AvgIpc) is 3.24. The number of carbonyl (C=O) groups is 2. The first-order chi connectivity index (χ1) is 15.8. The van der Waals surface area contributed by atoms with Crippen molar-refractivity contribution in [2.45, 2.75) is 77.2 Å². The molecule has 0 radical (unpaired) electrons. The van der Waals surface area contributed by atoms with Crippen LogP contribution in [0.1, 0.15) is 70.0 Å². The first-order valence-electron chi connectivity index (χ1n) is 11.8. The zero-order chi connectivity index (χ0) is 23.4. The fourth-order valence-electron chi connectivity index (χ4n) is 4.35. The minimum Gasteiger partial charge on any atom is -0.445 e. The second-order valence-corrected chi connectivity index (χ2v) is 9.74. The summed E-state index contributed by atoms with van der Waals surface area (Å²) < 4.78 is 11.4. The molecular formula is C26H33N3O4. The molecule has 4 rings (SSSR count). The van der Waals surface area contributed by atoms with Crippen molar-refractivity contribution in [3.8, 4) is 0 Å². The van der Waals surface area contributed by atoms with Crippen LogP contribution in [-0.2, 0) is 16.1 Å². The predicted molar refractivity (Wildman–Crippen MR) is 126 cm³/mol. The van der Waals surface area contributed by atoms with E-state index in [1.165, 1.54) is 0 Å². The Kier molecular flexibility index (Phi) is 6.86. The van der Waals surface area contributed by atoms with E-state index in [1.54, 1.807) is 16.0 Å². The molecular weight excluding hydrogens is 418 g/mol. The van der Waals surface area contributed by atoms with E-state index < -0.39 is 5.60 Å². The number of pyridine rings is 1. The van der Waals surface area contributed by atoms with Crippen LogP contribution in [0, 0.1) is 0 Å². The third kappa shape index (κ3) is 5.46. The molecule has 1 aromatic carbocycles. The van der Waals surface area contributed by atoms with Crippen LogP contribution in [0.5, 0.6) is 0 Å². The number of amides is 2. The minimum absolute atomic E-state index is 0.0633. The van der Waals surface area contributed by atoms with Crippen molar-refractivity contribution in [1.82, 2.24) is 9.88 Å². The van der Waals surface area contributed by atoms with Gasteiger partial charge in [0.05, 0.1) is 6.04 Å². The largest absolute Gasteiger partial charge is 0.445 e. The highest BCUT2D eigenvalue weighted by atomic mass is 16.6. The maximum absolute atomic E-state index is 13.2. The van der Waals surface area contributed by atoms with Gasteiger partial charge in [0.2, 0.25) is 0 Å². The quantitative estimate of drug-likeness (QED) is 0.570. The molecule has 1 aromatic heterocycles. The molecule has 2 aliphatic rings. The number of ether oxygens (including phenoxy) is 2. The summed E-state index contributed by atoms with van der Waals surface area (Å²) in [4.78, 5) is 34.3. The Morgan fingerprint density at radius 2 is 1.82 bits per heavy atom. The van der Waals surface area contributed by atoms with E-state index in [-0.39, 0.29) is 30.9 Å². The van der Waals surface area contributed by atoms with Gasteiger partial charge in [-0.1, -0.05) is 36.4 Å². The van der Waals surface area contributed by atoms with Gasteiger partial charge in [0.1, 0.15) is 18.0 Å². The zero-order valence-corrected chi connectivity index (χ0v) is 19.7. The first-order valence-corrected chi connectivity index (χ1v) is 11.8. The van der Waals surface area contributed by atoms with E-state index in [9.17, 15) is 9.59 Å². The van der Waals surface area contributed by atoms with Crippen LogP contribution in [0.25, 0.3) is 0 Å².